The van der Waals surface area contributed by atoms with Crippen molar-refractivity contribution in [3.05, 3.63) is 57.0 Å². The normalized spacial score (nSPS) is 12.7. The number of benzene rings is 1. The van der Waals surface area contributed by atoms with Gasteiger partial charge in [0.1, 0.15) is 5.82 Å². The maximum Gasteiger partial charge on any atom is 0.131 e. The first-order valence-electron chi connectivity index (χ1n) is 5.62. The fourth-order valence-electron chi connectivity index (χ4n) is 1.95. The molecule has 1 heterocycles. The molecule has 0 saturated carbocycles. The fraction of sp³-hybridized carbons (Fsp3) is 0.286. The summed E-state index contributed by atoms with van der Waals surface area (Å²) in [5, 5.41) is 3.19. The molecule has 0 aliphatic rings. The summed E-state index contributed by atoms with van der Waals surface area (Å²) in [6.07, 6.45) is 0. The summed E-state index contributed by atoms with van der Waals surface area (Å²) in [5.41, 5.74) is 1.41. The van der Waals surface area contributed by atoms with Crippen molar-refractivity contribution < 1.29 is 4.39 Å². The molecule has 0 aliphatic carbocycles. The largest absolute Gasteiger partial charge is 0.309 e. The Morgan fingerprint density at radius 2 is 1.94 bits per heavy atom. The van der Waals surface area contributed by atoms with Crippen LogP contribution in [-0.2, 0) is 0 Å². The SMILES string of the molecule is CNC(c1ccc(C)s1)c1cccc(C)c1F. The Morgan fingerprint density at radius 3 is 2.53 bits per heavy atom. The Labute approximate surface area is 105 Å². The molecule has 1 N–H and O–H groups in total. The van der Waals surface area contributed by atoms with E-state index in [1.54, 1.807) is 24.3 Å². The second-order valence-electron chi connectivity index (χ2n) is 4.15. The molecule has 1 nitrogen and oxygen atoms in total. The van der Waals surface area contributed by atoms with Gasteiger partial charge in [-0.15, -0.1) is 11.3 Å². The topological polar surface area (TPSA) is 12.0 Å². The van der Waals surface area contributed by atoms with Gasteiger partial charge < -0.3 is 5.32 Å². The van der Waals surface area contributed by atoms with Crippen LogP contribution in [-0.4, -0.2) is 7.05 Å². The smallest absolute Gasteiger partial charge is 0.131 e. The van der Waals surface area contributed by atoms with Crippen LogP contribution in [0.2, 0.25) is 0 Å². The van der Waals surface area contributed by atoms with E-state index in [4.69, 9.17) is 0 Å². The summed E-state index contributed by atoms with van der Waals surface area (Å²) in [7, 11) is 1.86. The minimum atomic E-state index is -0.113. The molecule has 1 atom stereocenters. The molecule has 2 aromatic rings. The second kappa shape index (κ2) is 4.98. The van der Waals surface area contributed by atoms with E-state index in [2.05, 4.69) is 24.4 Å². The van der Waals surface area contributed by atoms with E-state index in [0.29, 0.717) is 11.1 Å². The quantitative estimate of drug-likeness (QED) is 0.872. The van der Waals surface area contributed by atoms with Crippen molar-refractivity contribution in [2.45, 2.75) is 19.9 Å². The number of thiophene rings is 1. The average molecular weight is 249 g/mol. The van der Waals surface area contributed by atoms with Crippen molar-refractivity contribution in [2.75, 3.05) is 7.05 Å². The van der Waals surface area contributed by atoms with Crippen molar-refractivity contribution in [3.63, 3.8) is 0 Å². The van der Waals surface area contributed by atoms with Crippen LogP contribution < -0.4 is 5.32 Å². The van der Waals surface area contributed by atoms with Crippen LogP contribution in [0.1, 0.15) is 26.9 Å². The van der Waals surface area contributed by atoms with E-state index >= 15 is 0 Å². The van der Waals surface area contributed by atoms with Gasteiger partial charge in [0.05, 0.1) is 6.04 Å². The van der Waals surface area contributed by atoms with Gasteiger partial charge in [-0.3, -0.25) is 0 Å². The Bertz CT molecular complexity index is 519. The molecule has 0 saturated heterocycles. The van der Waals surface area contributed by atoms with Crippen LogP contribution in [0, 0.1) is 19.7 Å². The highest BCUT2D eigenvalue weighted by molar-refractivity contribution is 7.12. The molecule has 17 heavy (non-hydrogen) atoms. The molecular weight excluding hydrogens is 233 g/mol. The third-order valence-corrected chi connectivity index (χ3v) is 3.93. The van der Waals surface area contributed by atoms with Crippen LogP contribution >= 0.6 is 11.3 Å². The number of halogens is 1. The van der Waals surface area contributed by atoms with Crippen molar-refractivity contribution in [2.24, 2.45) is 0 Å². The van der Waals surface area contributed by atoms with E-state index in [9.17, 15) is 4.39 Å². The summed E-state index contributed by atoms with van der Waals surface area (Å²) in [6.45, 7) is 3.86. The van der Waals surface area contributed by atoms with Crippen molar-refractivity contribution in [1.29, 1.82) is 0 Å². The Morgan fingerprint density at radius 1 is 1.18 bits per heavy atom. The van der Waals surface area contributed by atoms with Gasteiger partial charge in [-0.2, -0.15) is 0 Å². The van der Waals surface area contributed by atoms with E-state index < -0.39 is 0 Å². The molecule has 0 aliphatic heterocycles. The third kappa shape index (κ3) is 2.40. The highest BCUT2D eigenvalue weighted by Gasteiger charge is 2.18. The molecule has 0 radical (unpaired) electrons. The molecule has 1 unspecified atom stereocenters. The van der Waals surface area contributed by atoms with Crippen LogP contribution in [0.3, 0.4) is 0 Å². The third-order valence-electron chi connectivity index (χ3n) is 2.87. The van der Waals surface area contributed by atoms with Crippen molar-refractivity contribution in [3.8, 4) is 0 Å². The molecule has 1 aromatic heterocycles. The number of hydrogen-bond donors (Lipinski definition) is 1. The number of hydrogen-bond acceptors (Lipinski definition) is 2. The molecule has 90 valence electrons. The Kier molecular flexibility index (Phi) is 3.60. The number of rotatable bonds is 3. The first-order chi connectivity index (χ1) is 8.13. The van der Waals surface area contributed by atoms with Gasteiger partial charge in [0.15, 0.2) is 0 Å². The zero-order chi connectivity index (χ0) is 12.4. The van der Waals surface area contributed by atoms with E-state index in [1.165, 1.54) is 4.88 Å². The van der Waals surface area contributed by atoms with Gasteiger partial charge in [0.25, 0.3) is 0 Å². The molecular formula is C14H16FNS. The monoisotopic (exact) mass is 249 g/mol. The zero-order valence-corrected chi connectivity index (χ0v) is 11.1. The average Bonchev–Trinajstić information content (AvgIpc) is 2.72. The van der Waals surface area contributed by atoms with Gasteiger partial charge in [-0.25, -0.2) is 4.39 Å². The van der Waals surface area contributed by atoms with Crippen molar-refractivity contribution in [1.82, 2.24) is 5.32 Å². The summed E-state index contributed by atoms with van der Waals surface area (Å²) >= 11 is 1.70. The maximum atomic E-state index is 14.1. The van der Waals surface area contributed by atoms with Crippen LogP contribution in [0.25, 0.3) is 0 Å². The standard InChI is InChI=1S/C14H16FNS/c1-9-5-4-6-11(13(9)15)14(16-3)12-8-7-10(2)17-12/h4-8,14,16H,1-3H3. The van der Waals surface area contributed by atoms with Crippen LogP contribution in [0.15, 0.2) is 30.3 Å². The lowest BCUT2D eigenvalue weighted by Gasteiger charge is -2.16. The zero-order valence-electron chi connectivity index (χ0n) is 10.3. The Hall–Kier alpha value is -1.19. The first-order valence-corrected chi connectivity index (χ1v) is 6.43. The predicted molar refractivity (Wildman–Crippen MR) is 71.1 cm³/mol. The highest BCUT2D eigenvalue weighted by Crippen LogP contribution is 2.30. The van der Waals surface area contributed by atoms with Gasteiger partial charge in [-0.1, -0.05) is 18.2 Å². The molecule has 1 aromatic carbocycles. The first kappa shape index (κ1) is 12.3. The summed E-state index contributed by atoms with van der Waals surface area (Å²) < 4.78 is 14.1. The van der Waals surface area contributed by atoms with Crippen LogP contribution in [0.4, 0.5) is 4.39 Å². The van der Waals surface area contributed by atoms with Gasteiger partial charge >= 0.3 is 0 Å². The van der Waals surface area contributed by atoms with Gasteiger partial charge in [-0.05, 0) is 38.6 Å². The minimum Gasteiger partial charge on any atom is -0.309 e. The lowest BCUT2D eigenvalue weighted by molar-refractivity contribution is 0.572. The van der Waals surface area contributed by atoms with Crippen molar-refractivity contribution >= 4 is 11.3 Å². The summed E-state index contributed by atoms with van der Waals surface area (Å²) in [4.78, 5) is 2.39. The fourth-order valence-corrected chi connectivity index (χ4v) is 2.96. The molecule has 0 bridgehead atoms. The molecule has 0 spiro atoms. The minimum absolute atomic E-state index is 0.0615. The van der Waals surface area contributed by atoms with E-state index in [0.717, 1.165) is 4.88 Å². The predicted octanol–water partition coefficient (Wildman–Crippen LogP) is 3.81. The molecule has 2 rings (SSSR count). The van der Waals surface area contributed by atoms with E-state index in [-0.39, 0.29) is 11.9 Å². The number of aryl methyl sites for hydroxylation is 2. The van der Waals surface area contributed by atoms with Crippen LogP contribution in [0.5, 0.6) is 0 Å². The number of nitrogens with one attached hydrogen (secondary N) is 1. The summed E-state index contributed by atoms with van der Waals surface area (Å²) in [6, 6.07) is 9.61. The highest BCUT2D eigenvalue weighted by atomic mass is 32.1. The molecule has 0 fully saturated rings. The van der Waals surface area contributed by atoms with Gasteiger partial charge in [0.2, 0.25) is 0 Å². The van der Waals surface area contributed by atoms with Gasteiger partial charge in [0, 0.05) is 15.3 Å². The van der Waals surface area contributed by atoms with E-state index in [1.807, 2.05) is 19.2 Å². The summed E-state index contributed by atoms with van der Waals surface area (Å²) in [5.74, 6) is -0.113. The second-order valence-corrected chi connectivity index (χ2v) is 5.47. The lowest BCUT2D eigenvalue weighted by Crippen LogP contribution is -2.18. The molecule has 0 amide bonds. The molecule has 3 heteroatoms. The lowest BCUT2D eigenvalue weighted by atomic mass is 10.0. The maximum absolute atomic E-state index is 14.1. The Balaban J connectivity index is 2.45.